The predicted molar refractivity (Wildman–Crippen MR) is 163 cm³/mol. The summed E-state index contributed by atoms with van der Waals surface area (Å²) in [5.41, 5.74) is 8.51. The largest absolute Gasteiger partial charge is 0.492 e. The van der Waals surface area contributed by atoms with Crippen molar-refractivity contribution in [3.63, 3.8) is 0 Å². The van der Waals surface area contributed by atoms with Crippen molar-refractivity contribution in [1.29, 1.82) is 0 Å². The van der Waals surface area contributed by atoms with Gasteiger partial charge in [0.15, 0.2) is 0 Å². The molecule has 2 heterocycles. The molecule has 0 aliphatic carbocycles. The molecule has 0 saturated carbocycles. The second-order valence-electron chi connectivity index (χ2n) is 9.72. The minimum Gasteiger partial charge on any atom is -0.492 e. The van der Waals surface area contributed by atoms with E-state index in [0.717, 1.165) is 30.2 Å². The molecule has 3 heteroatoms. The molecule has 38 heavy (non-hydrogen) atoms. The molecule has 3 aromatic rings. The fourth-order valence-corrected chi connectivity index (χ4v) is 5.11. The van der Waals surface area contributed by atoms with Crippen LogP contribution in [-0.4, -0.2) is 31.1 Å². The Morgan fingerprint density at radius 2 is 1.39 bits per heavy atom. The third kappa shape index (κ3) is 7.29. The van der Waals surface area contributed by atoms with Crippen molar-refractivity contribution < 1.29 is 9.47 Å². The Labute approximate surface area is 231 Å². The molecule has 0 aromatic heterocycles. The van der Waals surface area contributed by atoms with Crippen LogP contribution in [0.4, 0.5) is 0 Å². The zero-order valence-electron chi connectivity index (χ0n) is 24.6. The van der Waals surface area contributed by atoms with E-state index in [1.54, 1.807) is 0 Å². The topological polar surface area (TPSA) is 21.7 Å². The van der Waals surface area contributed by atoms with E-state index in [9.17, 15) is 0 Å². The van der Waals surface area contributed by atoms with Crippen molar-refractivity contribution >= 4 is 11.1 Å². The van der Waals surface area contributed by atoms with E-state index in [0.29, 0.717) is 0 Å². The van der Waals surface area contributed by atoms with E-state index >= 15 is 0 Å². The number of fused-ring (bicyclic) bond motifs is 1. The molecule has 2 aliphatic heterocycles. The average molecular weight is 514 g/mol. The third-order valence-electron chi connectivity index (χ3n) is 7.12. The van der Waals surface area contributed by atoms with Gasteiger partial charge in [-0.05, 0) is 87.2 Å². The van der Waals surface area contributed by atoms with Crippen molar-refractivity contribution in [2.45, 2.75) is 73.8 Å². The SMILES string of the molecule is CC.CC.CC1=C(c2ccc(C)cc2)[C@H](c2ccc(OCCN3CCCCC3)cc2)Oc2cc(C)ccc21. The van der Waals surface area contributed by atoms with Crippen LogP contribution in [0.2, 0.25) is 0 Å². The van der Waals surface area contributed by atoms with Crippen LogP contribution in [0, 0.1) is 13.8 Å². The average Bonchev–Trinajstić information content (AvgIpc) is 2.96. The predicted octanol–water partition coefficient (Wildman–Crippen LogP) is 9.28. The molecule has 3 aromatic carbocycles. The Kier molecular flexibility index (Phi) is 11.5. The monoisotopic (exact) mass is 513 g/mol. The van der Waals surface area contributed by atoms with Gasteiger partial charge in [0.25, 0.3) is 0 Å². The van der Waals surface area contributed by atoms with Gasteiger partial charge in [-0.25, -0.2) is 0 Å². The molecule has 204 valence electrons. The number of rotatable bonds is 6. The summed E-state index contributed by atoms with van der Waals surface area (Å²) in [6, 6.07) is 23.8. The van der Waals surface area contributed by atoms with E-state index in [1.165, 1.54) is 65.8 Å². The zero-order valence-corrected chi connectivity index (χ0v) is 24.6. The molecule has 0 radical (unpaired) electrons. The Hall–Kier alpha value is -3.04. The van der Waals surface area contributed by atoms with Crippen LogP contribution < -0.4 is 9.47 Å². The number of allylic oxidation sites excluding steroid dienone is 1. The minimum atomic E-state index is -0.153. The fourth-order valence-electron chi connectivity index (χ4n) is 5.11. The number of likely N-dealkylation sites (tertiary alicyclic amines) is 1. The third-order valence-corrected chi connectivity index (χ3v) is 7.12. The molecule has 0 N–H and O–H groups in total. The molecule has 0 spiro atoms. The lowest BCUT2D eigenvalue weighted by Crippen LogP contribution is -2.33. The van der Waals surface area contributed by atoms with Crippen molar-refractivity contribution in [2.24, 2.45) is 0 Å². The summed E-state index contributed by atoms with van der Waals surface area (Å²) >= 11 is 0. The van der Waals surface area contributed by atoms with Crippen molar-refractivity contribution in [3.05, 3.63) is 94.5 Å². The van der Waals surface area contributed by atoms with Crippen LogP contribution >= 0.6 is 0 Å². The second kappa shape index (κ2) is 14.8. The van der Waals surface area contributed by atoms with Gasteiger partial charge >= 0.3 is 0 Å². The van der Waals surface area contributed by atoms with Gasteiger partial charge in [-0.15, -0.1) is 0 Å². The number of hydrogen-bond acceptors (Lipinski definition) is 3. The second-order valence-corrected chi connectivity index (χ2v) is 9.72. The lowest BCUT2D eigenvalue weighted by Gasteiger charge is -2.31. The first-order valence-electron chi connectivity index (χ1n) is 14.6. The van der Waals surface area contributed by atoms with Crippen LogP contribution in [0.1, 0.15) is 87.8 Å². The van der Waals surface area contributed by atoms with Gasteiger partial charge in [0, 0.05) is 17.7 Å². The number of aryl methyl sites for hydroxylation is 2. The van der Waals surface area contributed by atoms with Gasteiger partial charge in [-0.3, -0.25) is 4.90 Å². The van der Waals surface area contributed by atoms with Crippen LogP contribution in [0.5, 0.6) is 11.5 Å². The van der Waals surface area contributed by atoms with E-state index in [1.807, 2.05) is 27.7 Å². The summed E-state index contributed by atoms with van der Waals surface area (Å²) in [5, 5.41) is 0. The first-order chi connectivity index (χ1) is 18.6. The van der Waals surface area contributed by atoms with Crippen molar-refractivity contribution in [1.82, 2.24) is 4.90 Å². The molecular formula is C35H47NO2. The van der Waals surface area contributed by atoms with Gasteiger partial charge in [-0.1, -0.05) is 88.2 Å². The van der Waals surface area contributed by atoms with Crippen LogP contribution in [0.15, 0.2) is 66.7 Å². The van der Waals surface area contributed by atoms with Crippen LogP contribution in [0.3, 0.4) is 0 Å². The maximum absolute atomic E-state index is 6.66. The minimum absolute atomic E-state index is 0.153. The van der Waals surface area contributed by atoms with Gasteiger partial charge in [0.1, 0.15) is 24.2 Å². The molecular weight excluding hydrogens is 466 g/mol. The summed E-state index contributed by atoms with van der Waals surface area (Å²) in [6.07, 6.45) is 3.84. The van der Waals surface area contributed by atoms with E-state index < -0.39 is 0 Å². The Balaban J connectivity index is 0.000000956. The number of piperidine rings is 1. The summed E-state index contributed by atoms with van der Waals surface area (Å²) in [7, 11) is 0. The van der Waals surface area contributed by atoms with Gasteiger partial charge in [-0.2, -0.15) is 0 Å². The van der Waals surface area contributed by atoms with Crippen LogP contribution in [-0.2, 0) is 0 Å². The maximum Gasteiger partial charge on any atom is 0.150 e. The van der Waals surface area contributed by atoms with E-state index in [2.05, 4.69) is 92.4 Å². The zero-order chi connectivity index (χ0) is 27.5. The molecule has 0 amide bonds. The van der Waals surface area contributed by atoms with Gasteiger partial charge in [0.2, 0.25) is 0 Å². The molecule has 1 atom stereocenters. The molecule has 0 unspecified atom stereocenters. The lowest BCUT2D eigenvalue weighted by atomic mass is 9.85. The normalized spacial score (nSPS) is 16.8. The number of nitrogens with zero attached hydrogens (tertiary/aromatic N) is 1. The first-order valence-corrected chi connectivity index (χ1v) is 14.6. The number of hydrogen-bond donors (Lipinski definition) is 0. The summed E-state index contributed by atoms with van der Waals surface area (Å²) in [5.74, 6) is 1.88. The molecule has 5 rings (SSSR count). The first kappa shape index (κ1) is 29.5. The van der Waals surface area contributed by atoms with Crippen LogP contribution in [0.25, 0.3) is 11.1 Å². The highest BCUT2D eigenvalue weighted by molar-refractivity contribution is 5.95. The highest BCUT2D eigenvalue weighted by Gasteiger charge is 2.29. The number of benzene rings is 3. The summed E-state index contributed by atoms with van der Waals surface area (Å²) in [4.78, 5) is 2.51. The molecule has 1 fully saturated rings. The summed E-state index contributed by atoms with van der Waals surface area (Å²) < 4.78 is 12.7. The Morgan fingerprint density at radius 3 is 2.05 bits per heavy atom. The highest BCUT2D eigenvalue weighted by Crippen LogP contribution is 2.46. The standard InChI is InChI=1S/C31H35NO2.2C2H6/c1-22-7-10-25(11-8-22)30-24(3)28-16-9-23(2)21-29(28)34-31(30)26-12-14-27(15-13-26)33-20-19-32-17-5-4-6-18-32;2*1-2/h7-16,21,31H,4-6,17-20H2,1-3H3;2*1-2H3/t31-;;/m0../s1. The summed E-state index contributed by atoms with van der Waals surface area (Å²) in [6.45, 7) is 18.6. The molecule has 1 saturated heterocycles. The maximum atomic E-state index is 6.66. The van der Waals surface area contributed by atoms with E-state index in [-0.39, 0.29) is 6.10 Å². The van der Waals surface area contributed by atoms with Crippen molar-refractivity contribution in [3.8, 4) is 11.5 Å². The van der Waals surface area contributed by atoms with Crippen molar-refractivity contribution in [2.75, 3.05) is 26.2 Å². The number of ether oxygens (including phenoxy) is 2. The van der Waals surface area contributed by atoms with Gasteiger partial charge in [0.05, 0.1) is 0 Å². The fraction of sp³-hybridized carbons (Fsp3) is 0.429. The molecule has 2 aliphatic rings. The Morgan fingerprint density at radius 1 is 0.763 bits per heavy atom. The highest BCUT2D eigenvalue weighted by atomic mass is 16.5. The lowest BCUT2D eigenvalue weighted by molar-refractivity contribution is 0.183. The van der Waals surface area contributed by atoms with E-state index in [4.69, 9.17) is 9.47 Å². The molecule has 0 bridgehead atoms. The Bertz CT molecular complexity index is 1160. The smallest absolute Gasteiger partial charge is 0.150 e. The van der Waals surface area contributed by atoms with Gasteiger partial charge < -0.3 is 9.47 Å². The molecule has 3 nitrogen and oxygen atoms in total. The quantitative estimate of drug-likeness (QED) is 0.328.